The molecule has 4 unspecified atom stereocenters. The maximum atomic E-state index is 14.0. The zero-order valence-corrected chi connectivity index (χ0v) is 44.1. The summed E-state index contributed by atoms with van der Waals surface area (Å²) in [4.78, 5) is 59.7. The Morgan fingerprint density at radius 2 is 1.00 bits per heavy atom. The standard InChI is InChI=1S/C29H41N3O3.C24H32ClN2O.C5H9NO2.CH4.ClH/c33-28(34)27-13-6-14-30(27)29(35)32(22-9-2-1-3-10-22)26-18-23-11-5-12-24(19-26)31(23)25-16-20-7-4-8-21(15-20)17-25;25-24(28)27(19-8-2-1-3-9-19)23-15-20-10-5-11-21(16-23)26(20)22-13-17-6-4-7-18(12-17)14-22;7-5(8)4-2-1-3-6-4;;/h1-3,9-10,20-21,23-27H,4-8,11-19H2,(H,33,34);1-3,5,8-9,17-18,20-23H,4,6-7,10-16H2;4,6H,1-3H2,(H,7,8);1H4;1H/q;+1;;;/p-1/t20-,21+,23-,24+,25?,26?,27-;17-,18+,20-,21+,22?,23?;4-;;/m1.1../s1. The number of nitrogens with zero attached hydrogens (tertiary/aromatic N) is 5. The molecule has 10 fully saturated rings. The minimum atomic E-state index is -0.876. The minimum Gasteiger partial charge on any atom is -1.00 e. The van der Waals surface area contributed by atoms with Crippen LogP contribution in [0.1, 0.15) is 168 Å². The normalized spacial score (nSPS) is 35.4. The van der Waals surface area contributed by atoms with E-state index in [1.54, 1.807) is 4.90 Å². The first-order valence-electron chi connectivity index (χ1n) is 28.3. The number of halogens is 2. The molecular formula is C59H86Cl2N6O6. The molecule has 402 valence electrons. The third-order valence-electron chi connectivity index (χ3n) is 19.2. The zero-order chi connectivity index (χ0) is 49.0. The number of aliphatic carboxylic acids is 2. The van der Waals surface area contributed by atoms with E-state index in [0.717, 1.165) is 111 Å². The van der Waals surface area contributed by atoms with E-state index in [9.17, 15) is 24.3 Å². The van der Waals surface area contributed by atoms with E-state index < -0.39 is 18.0 Å². The number of urea groups is 1. The van der Waals surface area contributed by atoms with E-state index in [1.807, 2.05) is 70.5 Å². The van der Waals surface area contributed by atoms with Gasteiger partial charge in [-0.05, 0) is 169 Å². The number of carbonyl (C=O) groups is 4. The number of anilines is 2. The lowest BCUT2D eigenvalue weighted by Crippen LogP contribution is -3.00. The molecule has 73 heavy (non-hydrogen) atoms. The van der Waals surface area contributed by atoms with Gasteiger partial charge in [0.2, 0.25) is 0 Å². The van der Waals surface area contributed by atoms with E-state index in [0.29, 0.717) is 37.1 Å². The Hall–Kier alpha value is -3.55. The van der Waals surface area contributed by atoms with E-state index >= 15 is 0 Å². The van der Waals surface area contributed by atoms with Gasteiger partial charge in [-0.15, -0.1) is 0 Å². The summed E-state index contributed by atoms with van der Waals surface area (Å²) in [5.41, 5.74) is 1.85. The first kappa shape index (κ1) is 55.7. The molecule has 3 amide bonds. The number of carbonyl (C=O) groups excluding carboxylic acids is 2. The topological polar surface area (TPSA) is 137 Å². The fourth-order valence-corrected chi connectivity index (χ4v) is 16.7. The predicted octanol–water partition coefficient (Wildman–Crippen LogP) is 9.00. The number of carboxylic acids is 2. The molecule has 6 saturated heterocycles. The van der Waals surface area contributed by atoms with Gasteiger partial charge in [0.15, 0.2) is 0 Å². The molecule has 14 heteroatoms. The minimum absolute atomic E-state index is 0. The van der Waals surface area contributed by atoms with Gasteiger partial charge in [-0.1, -0.05) is 88.8 Å². The third-order valence-corrected chi connectivity index (χ3v) is 19.4. The van der Waals surface area contributed by atoms with Crippen molar-refractivity contribution in [3.05, 3.63) is 67.1 Å². The highest BCUT2D eigenvalue weighted by molar-refractivity contribution is 6.66. The molecule has 6 aliphatic heterocycles. The zero-order valence-electron chi connectivity index (χ0n) is 42.5. The van der Waals surface area contributed by atoms with Crippen molar-refractivity contribution in [1.29, 1.82) is 0 Å². The Labute approximate surface area is 448 Å². The van der Waals surface area contributed by atoms with E-state index in [4.69, 9.17) is 16.7 Å². The fourth-order valence-electron chi connectivity index (χ4n) is 16.5. The molecule has 14 atom stereocenters. The summed E-state index contributed by atoms with van der Waals surface area (Å²) in [6.07, 6.45) is 33.0. The van der Waals surface area contributed by atoms with Crippen LogP contribution in [0.4, 0.5) is 21.0 Å². The highest BCUT2D eigenvalue weighted by Crippen LogP contribution is 2.49. The summed E-state index contributed by atoms with van der Waals surface area (Å²) in [7, 11) is 0. The molecule has 10 aliphatic rings. The van der Waals surface area contributed by atoms with Crippen molar-refractivity contribution in [3.8, 4) is 0 Å². The van der Waals surface area contributed by atoms with Crippen LogP contribution in [-0.4, -0.2) is 122 Å². The van der Waals surface area contributed by atoms with Crippen molar-refractivity contribution in [2.24, 2.45) is 23.7 Å². The van der Waals surface area contributed by atoms with E-state index in [-0.39, 0.29) is 49.4 Å². The molecule has 4 aliphatic carbocycles. The van der Waals surface area contributed by atoms with Gasteiger partial charge >= 0.3 is 23.3 Å². The Morgan fingerprint density at radius 3 is 1.45 bits per heavy atom. The largest absolute Gasteiger partial charge is 1.00 e. The fraction of sp³-hybridized carbons (Fsp3) is 0.712. The summed E-state index contributed by atoms with van der Waals surface area (Å²) in [5.74, 6) is 2.18. The molecule has 12 nitrogen and oxygen atoms in total. The van der Waals surface area contributed by atoms with Crippen molar-refractivity contribution in [2.75, 3.05) is 22.9 Å². The average molecular weight is 1050 g/mol. The number of para-hydroxylation sites is 2. The van der Waals surface area contributed by atoms with Crippen LogP contribution in [0.2, 0.25) is 0 Å². The monoisotopic (exact) mass is 1040 g/mol. The number of rotatable bonds is 8. The third kappa shape index (κ3) is 12.8. The number of nitrogens with one attached hydrogen (secondary N) is 1. The van der Waals surface area contributed by atoms with Gasteiger partial charge in [0.1, 0.15) is 24.9 Å². The molecule has 2 aromatic carbocycles. The van der Waals surface area contributed by atoms with E-state index in [1.165, 1.54) is 96.3 Å². The molecule has 8 bridgehead atoms. The molecule has 0 spiro atoms. The quantitative estimate of drug-likeness (QED) is 0.135. The van der Waals surface area contributed by atoms with Crippen LogP contribution < -0.4 is 27.5 Å². The lowest BCUT2D eigenvalue weighted by atomic mass is 9.68. The van der Waals surface area contributed by atoms with Gasteiger partial charge < -0.3 is 32.8 Å². The lowest BCUT2D eigenvalue weighted by Gasteiger charge is -2.56. The van der Waals surface area contributed by atoms with E-state index in [2.05, 4.69) is 21.5 Å². The summed E-state index contributed by atoms with van der Waals surface area (Å²) in [5, 5.41) is 20.6. The van der Waals surface area contributed by atoms with Crippen molar-refractivity contribution in [2.45, 2.75) is 228 Å². The molecule has 4 saturated carbocycles. The number of hydrogen-bond acceptors (Lipinski definition) is 7. The number of benzene rings is 2. The van der Waals surface area contributed by atoms with Gasteiger partial charge in [-0.3, -0.25) is 29.2 Å². The van der Waals surface area contributed by atoms with Crippen LogP contribution >= 0.6 is 11.6 Å². The molecule has 6 heterocycles. The van der Waals surface area contributed by atoms with Crippen LogP contribution in [0.15, 0.2) is 60.7 Å². The molecule has 0 radical (unpaired) electrons. The Morgan fingerprint density at radius 1 is 0.534 bits per heavy atom. The predicted molar refractivity (Wildman–Crippen MR) is 286 cm³/mol. The summed E-state index contributed by atoms with van der Waals surface area (Å²) >= 11 is 6.08. The summed E-state index contributed by atoms with van der Waals surface area (Å²) < 4.78 is 0. The molecular weight excluding hydrogens is 960 g/mol. The lowest BCUT2D eigenvalue weighted by molar-refractivity contribution is -0.141. The Kier molecular flexibility index (Phi) is 19.5. The smallest absolute Gasteiger partial charge is 0.326 e. The number of amides is 3. The van der Waals surface area contributed by atoms with Crippen molar-refractivity contribution < 1.29 is 41.8 Å². The number of piperidine rings is 4. The first-order chi connectivity index (χ1) is 34.6. The second-order valence-corrected chi connectivity index (χ2v) is 23.9. The number of fused-ring (bicyclic) bond motifs is 8. The highest BCUT2D eigenvalue weighted by atomic mass is 35.5. The highest BCUT2D eigenvalue weighted by Gasteiger charge is 2.50. The number of likely N-dealkylation sites (tertiary alicyclic amines) is 1. The number of hydrogen-bond donors (Lipinski definition) is 3. The van der Waals surface area contributed by atoms with Gasteiger partial charge in [-0.2, -0.15) is 0 Å². The summed E-state index contributed by atoms with van der Waals surface area (Å²) in [6.45, 7) is 1.40. The molecule has 2 aromatic rings. The van der Waals surface area contributed by atoms with Gasteiger partial charge in [-0.25, -0.2) is 9.59 Å². The SMILES string of the molecule is C.O=C(Cl)N(c1ccccc1)C1C[C@H]2C[CH+]C[C@@H](C1)N2C1C[C@H]2CCC[C@@H](C1)C2.O=C(O)[C@H]1CCCN1.O=C(O)[C@H]1CCCN1C(=O)N(c1ccccc1)C1C[C@H]2CCC[C@@H](C1)N2C1C[C@H]2CCC[C@@H](C1)C2.[Cl-]. The number of carboxylic acid groups (broad SMARTS) is 2. The van der Waals surface area contributed by atoms with Gasteiger partial charge in [0.05, 0.1) is 18.5 Å². The van der Waals surface area contributed by atoms with Crippen LogP contribution in [0, 0.1) is 30.1 Å². The van der Waals surface area contributed by atoms with Crippen molar-refractivity contribution in [1.82, 2.24) is 20.0 Å². The van der Waals surface area contributed by atoms with Crippen LogP contribution in [-0.2, 0) is 9.59 Å². The maximum Gasteiger partial charge on any atom is 0.326 e. The molecule has 0 aromatic heterocycles. The van der Waals surface area contributed by atoms with Crippen molar-refractivity contribution in [3.63, 3.8) is 0 Å². The molecule has 12 rings (SSSR count). The van der Waals surface area contributed by atoms with Gasteiger partial charge in [0, 0.05) is 54.2 Å². The average Bonchev–Trinajstić information content (AvgIpc) is 4.09. The Balaban J connectivity index is 0.000000168. The second-order valence-electron chi connectivity index (χ2n) is 23.6. The molecule has 3 N–H and O–H groups in total. The second kappa shape index (κ2) is 25.5. The first-order valence-corrected chi connectivity index (χ1v) is 28.7. The van der Waals surface area contributed by atoms with Crippen molar-refractivity contribution >= 4 is 46.3 Å². The Bertz CT molecular complexity index is 2070. The van der Waals surface area contributed by atoms with Crippen LogP contribution in [0.5, 0.6) is 0 Å². The maximum absolute atomic E-state index is 14.0. The van der Waals surface area contributed by atoms with Crippen LogP contribution in [0.25, 0.3) is 0 Å². The van der Waals surface area contributed by atoms with Crippen LogP contribution in [0.3, 0.4) is 0 Å². The van der Waals surface area contributed by atoms with Gasteiger partial charge in [0.25, 0.3) is 0 Å². The summed E-state index contributed by atoms with van der Waals surface area (Å²) in [6, 6.07) is 23.0.